The first kappa shape index (κ1) is 14.6. The molecule has 0 aliphatic carbocycles. The topological polar surface area (TPSA) is 43.3 Å². The van der Waals surface area contributed by atoms with Crippen LogP contribution in [0.3, 0.4) is 0 Å². The van der Waals surface area contributed by atoms with Crippen molar-refractivity contribution in [1.82, 2.24) is 9.88 Å². The summed E-state index contributed by atoms with van der Waals surface area (Å²) in [5.41, 5.74) is 2.54. The molecule has 0 saturated heterocycles. The lowest BCUT2D eigenvalue weighted by atomic mass is 10.1. The van der Waals surface area contributed by atoms with Crippen molar-refractivity contribution in [3.63, 3.8) is 0 Å². The molecular weight excluding hydrogens is 252 g/mol. The number of hydrogen-bond donors (Lipinski definition) is 1. The van der Waals surface area contributed by atoms with Gasteiger partial charge in [0.2, 0.25) is 0 Å². The Kier molecular flexibility index (Phi) is 5.18. The molecule has 0 saturated carbocycles. The van der Waals surface area contributed by atoms with Crippen molar-refractivity contribution in [2.24, 2.45) is 0 Å². The highest BCUT2D eigenvalue weighted by Crippen LogP contribution is 2.20. The lowest BCUT2D eigenvalue weighted by Gasteiger charge is -2.07. The molecule has 0 spiro atoms. The van der Waals surface area contributed by atoms with Crippen LogP contribution < -0.4 is 5.32 Å². The Morgan fingerprint density at radius 3 is 2.95 bits per heavy atom. The maximum atomic E-state index is 11.1. The summed E-state index contributed by atoms with van der Waals surface area (Å²) < 4.78 is 6.87. The standard InChI is InChI=1S/C16H22N2O2/c1-3-17-12-13-6-4-7-15-14(13)9-11-18(15)10-5-8-16(19)20-2/h4,6-7,9,11,17H,3,5,8,10,12H2,1-2H3. The zero-order chi connectivity index (χ0) is 14.4. The van der Waals surface area contributed by atoms with Gasteiger partial charge in [0.1, 0.15) is 0 Å². The average molecular weight is 274 g/mol. The Balaban J connectivity index is 2.09. The molecule has 20 heavy (non-hydrogen) atoms. The Morgan fingerprint density at radius 2 is 2.20 bits per heavy atom. The van der Waals surface area contributed by atoms with Gasteiger partial charge in [0.25, 0.3) is 0 Å². The van der Waals surface area contributed by atoms with E-state index >= 15 is 0 Å². The monoisotopic (exact) mass is 274 g/mol. The molecule has 1 heterocycles. The van der Waals surface area contributed by atoms with E-state index in [9.17, 15) is 4.79 Å². The van der Waals surface area contributed by atoms with Gasteiger partial charge in [-0.1, -0.05) is 19.1 Å². The average Bonchev–Trinajstić information content (AvgIpc) is 2.89. The number of hydrogen-bond acceptors (Lipinski definition) is 3. The van der Waals surface area contributed by atoms with Crippen LogP contribution in [0.15, 0.2) is 30.5 Å². The number of methoxy groups -OCH3 is 1. The third kappa shape index (κ3) is 3.39. The molecule has 0 fully saturated rings. The number of nitrogens with one attached hydrogen (secondary N) is 1. The molecule has 108 valence electrons. The zero-order valence-corrected chi connectivity index (χ0v) is 12.2. The van der Waals surface area contributed by atoms with Crippen molar-refractivity contribution in [3.05, 3.63) is 36.0 Å². The molecular formula is C16H22N2O2. The molecule has 0 amide bonds. The minimum absolute atomic E-state index is 0.144. The van der Waals surface area contributed by atoms with Crippen molar-refractivity contribution in [3.8, 4) is 0 Å². The van der Waals surface area contributed by atoms with E-state index in [1.807, 2.05) is 0 Å². The first-order valence-electron chi connectivity index (χ1n) is 7.10. The quantitative estimate of drug-likeness (QED) is 0.789. The summed E-state index contributed by atoms with van der Waals surface area (Å²) in [6, 6.07) is 8.53. The van der Waals surface area contributed by atoms with Gasteiger partial charge in [-0.05, 0) is 30.7 Å². The van der Waals surface area contributed by atoms with Crippen LogP contribution in [0.25, 0.3) is 10.9 Å². The van der Waals surface area contributed by atoms with Gasteiger partial charge in [0, 0.05) is 36.6 Å². The van der Waals surface area contributed by atoms with E-state index in [2.05, 4.69) is 52.0 Å². The van der Waals surface area contributed by atoms with Gasteiger partial charge in [-0.25, -0.2) is 0 Å². The van der Waals surface area contributed by atoms with E-state index in [-0.39, 0.29) is 5.97 Å². The summed E-state index contributed by atoms with van der Waals surface area (Å²) in [5, 5.41) is 4.65. The lowest BCUT2D eigenvalue weighted by molar-refractivity contribution is -0.140. The Bertz CT molecular complexity index is 575. The molecule has 0 aliphatic heterocycles. The Hall–Kier alpha value is -1.81. The summed E-state index contributed by atoms with van der Waals surface area (Å²) in [5.74, 6) is -0.144. The van der Waals surface area contributed by atoms with Gasteiger partial charge in [-0.3, -0.25) is 4.79 Å². The van der Waals surface area contributed by atoms with Crippen molar-refractivity contribution in [2.45, 2.75) is 32.9 Å². The lowest BCUT2D eigenvalue weighted by Crippen LogP contribution is -2.11. The number of esters is 1. The fourth-order valence-electron chi connectivity index (χ4n) is 2.39. The van der Waals surface area contributed by atoms with Crippen LogP contribution in [0.1, 0.15) is 25.3 Å². The highest BCUT2D eigenvalue weighted by molar-refractivity contribution is 5.83. The molecule has 1 N–H and O–H groups in total. The molecule has 4 nitrogen and oxygen atoms in total. The highest BCUT2D eigenvalue weighted by atomic mass is 16.5. The predicted octanol–water partition coefficient (Wildman–Crippen LogP) is 2.70. The zero-order valence-electron chi connectivity index (χ0n) is 12.2. The summed E-state index contributed by atoms with van der Waals surface area (Å²) >= 11 is 0. The normalized spacial score (nSPS) is 10.9. The van der Waals surface area contributed by atoms with E-state index in [1.54, 1.807) is 0 Å². The molecule has 2 rings (SSSR count). The fraction of sp³-hybridized carbons (Fsp3) is 0.438. The van der Waals surface area contributed by atoms with Gasteiger partial charge in [-0.2, -0.15) is 0 Å². The van der Waals surface area contributed by atoms with E-state index in [1.165, 1.54) is 23.6 Å². The summed E-state index contributed by atoms with van der Waals surface area (Å²) in [4.78, 5) is 11.1. The number of fused-ring (bicyclic) bond motifs is 1. The van der Waals surface area contributed by atoms with Crippen molar-refractivity contribution < 1.29 is 9.53 Å². The first-order valence-corrected chi connectivity index (χ1v) is 7.10. The second-order valence-electron chi connectivity index (χ2n) is 4.82. The number of aryl methyl sites for hydroxylation is 1. The molecule has 0 radical (unpaired) electrons. The largest absolute Gasteiger partial charge is 0.469 e. The van der Waals surface area contributed by atoms with Crippen molar-refractivity contribution >= 4 is 16.9 Å². The molecule has 0 unspecified atom stereocenters. The predicted molar refractivity (Wildman–Crippen MR) is 80.6 cm³/mol. The Morgan fingerprint density at radius 1 is 1.35 bits per heavy atom. The van der Waals surface area contributed by atoms with E-state index < -0.39 is 0 Å². The van der Waals surface area contributed by atoms with Crippen LogP contribution in [0.2, 0.25) is 0 Å². The van der Waals surface area contributed by atoms with Crippen LogP contribution in [0.4, 0.5) is 0 Å². The van der Waals surface area contributed by atoms with Gasteiger partial charge < -0.3 is 14.6 Å². The minimum atomic E-state index is -0.144. The maximum Gasteiger partial charge on any atom is 0.305 e. The number of carbonyl (C=O) groups is 1. The second-order valence-corrected chi connectivity index (χ2v) is 4.82. The van der Waals surface area contributed by atoms with Crippen molar-refractivity contribution in [2.75, 3.05) is 13.7 Å². The number of nitrogens with zero attached hydrogens (tertiary/aromatic N) is 1. The van der Waals surface area contributed by atoms with Crippen LogP contribution in [-0.4, -0.2) is 24.2 Å². The number of rotatable bonds is 7. The van der Waals surface area contributed by atoms with Crippen LogP contribution >= 0.6 is 0 Å². The number of carbonyl (C=O) groups excluding carboxylic acids is 1. The van der Waals surface area contributed by atoms with Crippen LogP contribution in [0, 0.1) is 0 Å². The van der Waals surface area contributed by atoms with Gasteiger partial charge in [0.05, 0.1) is 7.11 Å². The van der Waals surface area contributed by atoms with Crippen molar-refractivity contribution in [1.29, 1.82) is 0 Å². The van der Waals surface area contributed by atoms with Crippen LogP contribution in [-0.2, 0) is 22.6 Å². The van der Waals surface area contributed by atoms with E-state index in [4.69, 9.17) is 0 Å². The minimum Gasteiger partial charge on any atom is -0.469 e. The molecule has 1 aromatic carbocycles. The number of ether oxygens (including phenoxy) is 1. The van der Waals surface area contributed by atoms with E-state index in [0.29, 0.717) is 6.42 Å². The first-order chi connectivity index (χ1) is 9.76. The summed E-state index contributed by atoms with van der Waals surface area (Å²) in [7, 11) is 1.43. The SMILES string of the molecule is CCNCc1cccc2c1ccn2CCCC(=O)OC. The Labute approximate surface area is 119 Å². The smallest absolute Gasteiger partial charge is 0.305 e. The molecule has 0 atom stereocenters. The molecule has 2 aromatic rings. The molecule has 0 bridgehead atoms. The molecule has 4 heteroatoms. The summed E-state index contributed by atoms with van der Waals surface area (Å²) in [6.07, 6.45) is 3.36. The third-order valence-corrected chi connectivity index (χ3v) is 3.48. The van der Waals surface area contributed by atoms with Gasteiger partial charge >= 0.3 is 5.97 Å². The third-order valence-electron chi connectivity index (χ3n) is 3.48. The molecule has 1 aromatic heterocycles. The van der Waals surface area contributed by atoms with Crippen LogP contribution in [0.5, 0.6) is 0 Å². The molecule has 0 aliphatic rings. The number of benzene rings is 1. The maximum absolute atomic E-state index is 11.1. The van der Waals surface area contributed by atoms with Gasteiger partial charge in [-0.15, -0.1) is 0 Å². The number of aromatic nitrogens is 1. The van der Waals surface area contributed by atoms with Gasteiger partial charge in [0.15, 0.2) is 0 Å². The summed E-state index contributed by atoms with van der Waals surface area (Å²) in [6.45, 7) is 4.80. The highest BCUT2D eigenvalue weighted by Gasteiger charge is 2.06. The second kappa shape index (κ2) is 7.10. The van der Waals surface area contributed by atoms with E-state index in [0.717, 1.165) is 26.1 Å². The fourth-order valence-corrected chi connectivity index (χ4v) is 2.39.